The van der Waals surface area contributed by atoms with Crippen molar-refractivity contribution < 1.29 is 8.81 Å². The largest absolute Gasteiger partial charge is 0.467 e. The maximum absolute atomic E-state index is 14.1. The lowest BCUT2D eigenvalue weighted by atomic mass is 10.2. The van der Waals surface area contributed by atoms with Crippen molar-refractivity contribution in [3.05, 3.63) is 88.0 Å². The fourth-order valence-corrected chi connectivity index (χ4v) is 4.12. The van der Waals surface area contributed by atoms with Crippen LogP contribution in [-0.4, -0.2) is 14.8 Å². The highest BCUT2D eigenvalue weighted by molar-refractivity contribution is 7.98. The molecule has 0 radical (unpaired) electrons. The molecule has 0 unspecified atom stereocenters. The Labute approximate surface area is 175 Å². The molecule has 2 aromatic carbocycles. The number of thioether (sulfide) groups is 1. The number of halogens is 3. The predicted molar refractivity (Wildman–Crippen MR) is 109 cm³/mol. The van der Waals surface area contributed by atoms with Gasteiger partial charge >= 0.3 is 0 Å². The second-order valence-corrected chi connectivity index (χ2v) is 7.75. The number of rotatable bonds is 6. The topological polar surface area (TPSA) is 43.9 Å². The number of benzene rings is 2. The van der Waals surface area contributed by atoms with Gasteiger partial charge < -0.3 is 4.42 Å². The van der Waals surface area contributed by atoms with E-state index in [2.05, 4.69) is 10.2 Å². The fraction of sp³-hybridized carbons (Fsp3) is 0.100. The minimum absolute atomic E-state index is 0.336. The van der Waals surface area contributed by atoms with Gasteiger partial charge in [0.2, 0.25) is 0 Å². The first kappa shape index (κ1) is 19.1. The maximum atomic E-state index is 14.1. The van der Waals surface area contributed by atoms with E-state index in [1.165, 1.54) is 17.8 Å². The van der Waals surface area contributed by atoms with E-state index >= 15 is 0 Å². The molecule has 0 aliphatic heterocycles. The van der Waals surface area contributed by atoms with Crippen LogP contribution < -0.4 is 0 Å². The van der Waals surface area contributed by atoms with Crippen molar-refractivity contribution in [3.63, 3.8) is 0 Å². The molecule has 0 bridgehead atoms. The van der Waals surface area contributed by atoms with Gasteiger partial charge in [-0.1, -0.05) is 41.0 Å². The van der Waals surface area contributed by atoms with Gasteiger partial charge in [0.1, 0.15) is 11.6 Å². The Morgan fingerprint density at radius 1 is 1.00 bits per heavy atom. The van der Waals surface area contributed by atoms with Crippen LogP contribution in [0.4, 0.5) is 4.39 Å². The summed E-state index contributed by atoms with van der Waals surface area (Å²) in [5, 5.41) is 10.3. The van der Waals surface area contributed by atoms with Crippen LogP contribution >= 0.6 is 35.0 Å². The molecule has 0 fully saturated rings. The van der Waals surface area contributed by atoms with Crippen molar-refractivity contribution in [2.45, 2.75) is 17.5 Å². The molecule has 0 saturated carbocycles. The van der Waals surface area contributed by atoms with Crippen LogP contribution in [0.25, 0.3) is 11.4 Å². The van der Waals surface area contributed by atoms with Gasteiger partial charge in [-0.3, -0.25) is 4.57 Å². The van der Waals surface area contributed by atoms with Gasteiger partial charge in [0.25, 0.3) is 0 Å². The van der Waals surface area contributed by atoms with Gasteiger partial charge in [-0.05, 0) is 48.5 Å². The zero-order valence-electron chi connectivity index (χ0n) is 14.5. The van der Waals surface area contributed by atoms with Crippen molar-refractivity contribution in [3.8, 4) is 11.4 Å². The van der Waals surface area contributed by atoms with Gasteiger partial charge in [-0.15, -0.1) is 10.2 Å². The van der Waals surface area contributed by atoms with Gasteiger partial charge in [-0.25, -0.2) is 4.39 Å². The lowest BCUT2D eigenvalue weighted by Crippen LogP contribution is -2.03. The average Bonchev–Trinajstić information content (AvgIpc) is 3.33. The molecule has 4 nitrogen and oxygen atoms in total. The van der Waals surface area contributed by atoms with Gasteiger partial charge in [0.05, 0.1) is 12.8 Å². The predicted octanol–water partition coefficient (Wildman–Crippen LogP) is 6.32. The first-order chi connectivity index (χ1) is 13.6. The third kappa shape index (κ3) is 4.09. The summed E-state index contributed by atoms with van der Waals surface area (Å²) in [6, 6.07) is 15.7. The van der Waals surface area contributed by atoms with Crippen LogP contribution in [0.1, 0.15) is 11.3 Å². The highest BCUT2D eigenvalue weighted by Crippen LogP contribution is 2.31. The molecule has 0 aliphatic carbocycles. The molecule has 2 aromatic heterocycles. The van der Waals surface area contributed by atoms with Crippen LogP contribution in [-0.2, 0) is 12.3 Å². The zero-order chi connectivity index (χ0) is 19.5. The molecule has 4 aromatic rings. The van der Waals surface area contributed by atoms with E-state index < -0.39 is 0 Å². The van der Waals surface area contributed by atoms with Crippen LogP contribution in [0.3, 0.4) is 0 Å². The molecule has 0 N–H and O–H groups in total. The second kappa shape index (κ2) is 8.39. The second-order valence-electron chi connectivity index (χ2n) is 5.97. The molecule has 0 saturated heterocycles. The number of hydrogen-bond acceptors (Lipinski definition) is 4. The Kier molecular flexibility index (Phi) is 5.71. The van der Waals surface area contributed by atoms with Crippen molar-refractivity contribution in [2.24, 2.45) is 0 Å². The highest BCUT2D eigenvalue weighted by atomic mass is 35.5. The molecule has 4 rings (SSSR count). The molecule has 28 heavy (non-hydrogen) atoms. The zero-order valence-corrected chi connectivity index (χ0v) is 16.8. The van der Waals surface area contributed by atoms with Gasteiger partial charge in [-0.2, -0.15) is 0 Å². The van der Waals surface area contributed by atoms with E-state index in [4.69, 9.17) is 27.6 Å². The molecule has 0 aliphatic rings. The number of hydrogen-bond donors (Lipinski definition) is 0. The van der Waals surface area contributed by atoms with E-state index in [1.807, 2.05) is 28.8 Å². The maximum Gasteiger partial charge on any atom is 0.192 e. The molecule has 0 spiro atoms. The summed E-state index contributed by atoms with van der Waals surface area (Å²) in [7, 11) is 0. The highest BCUT2D eigenvalue weighted by Gasteiger charge is 2.17. The summed E-state index contributed by atoms with van der Waals surface area (Å²) in [4.78, 5) is 0. The van der Waals surface area contributed by atoms with E-state index in [-0.39, 0.29) is 5.82 Å². The first-order valence-electron chi connectivity index (χ1n) is 8.39. The molecular formula is C20H14Cl2FN3OS. The lowest BCUT2D eigenvalue weighted by molar-refractivity contribution is 0.485. The molecule has 8 heteroatoms. The summed E-state index contributed by atoms with van der Waals surface area (Å²) in [5.41, 5.74) is 1.31. The van der Waals surface area contributed by atoms with Crippen LogP contribution in [0.2, 0.25) is 10.0 Å². The molecule has 2 heterocycles. The van der Waals surface area contributed by atoms with Crippen molar-refractivity contribution in [1.82, 2.24) is 14.8 Å². The number of aromatic nitrogens is 3. The smallest absolute Gasteiger partial charge is 0.192 e. The summed E-state index contributed by atoms with van der Waals surface area (Å²) < 4.78 is 21.5. The Morgan fingerprint density at radius 3 is 2.54 bits per heavy atom. The fourth-order valence-electron chi connectivity index (χ4n) is 2.72. The van der Waals surface area contributed by atoms with E-state index in [1.54, 1.807) is 30.5 Å². The van der Waals surface area contributed by atoms with Crippen LogP contribution in [0, 0.1) is 5.82 Å². The third-order valence-electron chi connectivity index (χ3n) is 4.12. The number of nitrogens with zero attached hydrogens (tertiary/aromatic N) is 3. The van der Waals surface area contributed by atoms with E-state index in [0.717, 1.165) is 11.3 Å². The van der Waals surface area contributed by atoms with Crippen molar-refractivity contribution in [1.29, 1.82) is 0 Å². The average molecular weight is 434 g/mol. The monoisotopic (exact) mass is 433 g/mol. The minimum Gasteiger partial charge on any atom is -0.467 e. The molecule has 0 atom stereocenters. The molecule has 142 valence electrons. The van der Waals surface area contributed by atoms with E-state index in [0.29, 0.717) is 38.9 Å². The lowest BCUT2D eigenvalue weighted by Gasteiger charge is -2.10. The standard InChI is InChI=1S/C20H14Cl2FN3OS/c21-14-8-6-13(7-9-14)19-24-25-20(26(19)11-15-3-2-10-27-15)28-12-16-17(22)4-1-5-18(16)23/h1-10H,11-12H2. The van der Waals surface area contributed by atoms with E-state index in [9.17, 15) is 4.39 Å². The van der Waals surface area contributed by atoms with Crippen molar-refractivity contribution in [2.75, 3.05) is 0 Å². The van der Waals surface area contributed by atoms with Crippen LogP contribution in [0.5, 0.6) is 0 Å². The SMILES string of the molecule is Fc1cccc(Cl)c1CSc1nnc(-c2ccc(Cl)cc2)n1Cc1ccco1. The summed E-state index contributed by atoms with van der Waals surface area (Å²) in [6.07, 6.45) is 1.62. The van der Waals surface area contributed by atoms with Gasteiger partial charge in [0, 0.05) is 26.9 Å². The normalized spacial score (nSPS) is 11.1. The number of furan rings is 1. The Hall–Kier alpha value is -2.28. The quantitative estimate of drug-likeness (QED) is 0.333. The summed E-state index contributed by atoms with van der Waals surface area (Å²) >= 11 is 13.5. The Bertz CT molecular complexity index is 1060. The molecule has 0 amide bonds. The summed E-state index contributed by atoms with van der Waals surface area (Å²) in [6.45, 7) is 0.450. The summed E-state index contributed by atoms with van der Waals surface area (Å²) in [5.74, 6) is 1.44. The first-order valence-corrected chi connectivity index (χ1v) is 10.1. The van der Waals surface area contributed by atoms with Gasteiger partial charge in [0.15, 0.2) is 11.0 Å². The molecular weight excluding hydrogens is 420 g/mol. The van der Waals surface area contributed by atoms with Crippen LogP contribution in [0.15, 0.2) is 70.4 Å². The third-order valence-corrected chi connectivity index (χ3v) is 5.72. The minimum atomic E-state index is -0.338. The Morgan fingerprint density at radius 2 is 1.82 bits per heavy atom. The Balaban J connectivity index is 1.67. The van der Waals surface area contributed by atoms with Crippen molar-refractivity contribution >= 4 is 35.0 Å².